The number of nitrogens with zero attached hydrogens (tertiary/aromatic N) is 4. The summed E-state index contributed by atoms with van der Waals surface area (Å²) in [7, 11) is 0. The van der Waals surface area contributed by atoms with Gasteiger partial charge in [0.25, 0.3) is 0 Å². The van der Waals surface area contributed by atoms with Crippen LogP contribution < -0.4 is 9.64 Å². The number of nitrogens with one attached hydrogen (secondary N) is 1. The van der Waals surface area contributed by atoms with Crippen LogP contribution in [0, 0.1) is 0 Å². The van der Waals surface area contributed by atoms with Crippen molar-refractivity contribution in [3.05, 3.63) is 72.8 Å². The first-order valence-corrected chi connectivity index (χ1v) is 10.3. The van der Waals surface area contributed by atoms with Gasteiger partial charge in [-0.15, -0.1) is 0 Å². The maximum atomic E-state index is 6.54. The van der Waals surface area contributed by atoms with Crippen LogP contribution in [0.1, 0.15) is 18.4 Å². The van der Waals surface area contributed by atoms with Gasteiger partial charge in [-0.2, -0.15) is 0 Å². The van der Waals surface area contributed by atoms with Crippen molar-refractivity contribution >= 4 is 23.1 Å². The molecule has 6 heteroatoms. The summed E-state index contributed by atoms with van der Waals surface area (Å²) in [6, 6.07) is 16.9. The molecule has 0 aliphatic carbocycles. The quantitative estimate of drug-likeness (QED) is 0.543. The molecule has 2 aliphatic heterocycles. The fourth-order valence-electron chi connectivity index (χ4n) is 4.43. The van der Waals surface area contributed by atoms with Crippen LogP contribution in [0.3, 0.4) is 0 Å². The molecule has 0 saturated carbocycles. The lowest BCUT2D eigenvalue weighted by atomic mass is 9.87. The standard InChI is InChI=1S/C24H21N5O/c1-2-4-17(5-3-1)18-6-7-20-19(14-18)8-9-24(30-20)10-12-29(13-11-24)23-21-22(26-15-25-21)27-16-28-23/h1-9,14-16H,10-13H2,(H,25,26,27,28). The molecular weight excluding hydrogens is 374 g/mol. The Labute approximate surface area is 174 Å². The van der Waals surface area contributed by atoms with E-state index >= 15 is 0 Å². The minimum atomic E-state index is -0.252. The SMILES string of the molecule is C1=CC2(CCN(c3ncnc4nc[nH]c34)CC2)Oc2ccc(-c3ccccc3)cc21. The number of anilines is 1. The third-order valence-corrected chi connectivity index (χ3v) is 6.11. The summed E-state index contributed by atoms with van der Waals surface area (Å²) < 4.78 is 6.54. The normalized spacial score (nSPS) is 17.1. The van der Waals surface area contributed by atoms with Gasteiger partial charge in [-0.25, -0.2) is 15.0 Å². The maximum absolute atomic E-state index is 6.54. The van der Waals surface area contributed by atoms with Crippen LogP contribution in [0.5, 0.6) is 5.75 Å². The first-order chi connectivity index (χ1) is 14.8. The predicted molar refractivity (Wildman–Crippen MR) is 117 cm³/mol. The molecule has 0 radical (unpaired) electrons. The Kier molecular flexibility index (Phi) is 3.84. The Hall–Kier alpha value is -3.67. The minimum absolute atomic E-state index is 0.252. The van der Waals surface area contributed by atoms with Crippen LogP contribution in [0.25, 0.3) is 28.4 Å². The smallest absolute Gasteiger partial charge is 0.182 e. The lowest BCUT2D eigenvalue weighted by molar-refractivity contribution is 0.0892. The number of ether oxygens (including phenoxy) is 1. The first-order valence-electron chi connectivity index (χ1n) is 10.3. The summed E-state index contributed by atoms with van der Waals surface area (Å²) in [6.07, 6.45) is 9.53. The topological polar surface area (TPSA) is 66.9 Å². The van der Waals surface area contributed by atoms with Crippen LogP contribution in [0.15, 0.2) is 67.3 Å². The van der Waals surface area contributed by atoms with Gasteiger partial charge in [0, 0.05) is 31.5 Å². The minimum Gasteiger partial charge on any atom is -0.482 e. The van der Waals surface area contributed by atoms with Crippen LogP contribution in [0.2, 0.25) is 0 Å². The molecule has 30 heavy (non-hydrogen) atoms. The van der Waals surface area contributed by atoms with Crippen molar-refractivity contribution in [3.8, 4) is 16.9 Å². The fourth-order valence-corrected chi connectivity index (χ4v) is 4.43. The van der Waals surface area contributed by atoms with E-state index in [4.69, 9.17) is 4.74 Å². The second kappa shape index (κ2) is 6.69. The lowest BCUT2D eigenvalue weighted by Gasteiger charge is -2.42. The van der Waals surface area contributed by atoms with Crippen molar-refractivity contribution in [1.82, 2.24) is 19.9 Å². The molecular formula is C24H21N5O. The molecule has 2 aromatic carbocycles. The summed E-state index contributed by atoms with van der Waals surface area (Å²) >= 11 is 0. The Morgan fingerprint density at radius 3 is 2.67 bits per heavy atom. The third kappa shape index (κ3) is 2.84. The third-order valence-electron chi connectivity index (χ3n) is 6.11. The van der Waals surface area contributed by atoms with Crippen LogP contribution in [-0.2, 0) is 0 Å². The molecule has 1 N–H and O–H groups in total. The molecule has 0 atom stereocenters. The zero-order valence-electron chi connectivity index (χ0n) is 16.5. The molecule has 1 spiro atoms. The van der Waals surface area contributed by atoms with Gasteiger partial charge in [-0.05, 0) is 29.3 Å². The van der Waals surface area contributed by atoms with E-state index in [-0.39, 0.29) is 5.60 Å². The van der Waals surface area contributed by atoms with Crippen LogP contribution >= 0.6 is 0 Å². The van der Waals surface area contributed by atoms with Gasteiger partial charge >= 0.3 is 0 Å². The molecule has 148 valence electrons. The van der Waals surface area contributed by atoms with E-state index in [9.17, 15) is 0 Å². The molecule has 6 nitrogen and oxygen atoms in total. The van der Waals surface area contributed by atoms with Gasteiger partial charge in [-0.1, -0.05) is 42.5 Å². The number of imidazole rings is 1. The number of fused-ring (bicyclic) bond motifs is 2. The highest BCUT2D eigenvalue weighted by Crippen LogP contribution is 2.39. The van der Waals surface area contributed by atoms with Gasteiger partial charge in [0.15, 0.2) is 11.5 Å². The first kappa shape index (κ1) is 17.2. The molecule has 0 bridgehead atoms. The van der Waals surface area contributed by atoms with Crippen molar-refractivity contribution < 1.29 is 4.74 Å². The van der Waals surface area contributed by atoms with Crippen LogP contribution in [0.4, 0.5) is 5.82 Å². The molecule has 0 unspecified atom stereocenters. The van der Waals surface area contributed by atoms with Crippen LogP contribution in [-0.4, -0.2) is 38.6 Å². The van der Waals surface area contributed by atoms with E-state index in [1.807, 2.05) is 6.07 Å². The summed E-state index contributed by atoms with van der Waals surface area (Å²) in [5.74, 6) is 1.88. The Balaban J connectivity index is 1.22. The monoisotopic (exact) mass is 395 g/mol. The van der Waals surface area contributed by atoms with Crippen molar-refractivity contribution in [3.63, 3.8) is 0 Å². The zero-order chi connectivity index (χ0) is 20.0. The average molecular weight is 395 g/mol. The Morgan fingerprint density at radius 2 is 1.80 bits per heavy atom. The van der Waals surface area contributed by atoms with E-state index in [0.29, 0.717) is 5.65 Å². The van der Waals surface area contributed by atoms with Gasteiger partial charge in [0.05, 0.1) is 6.33 Å². The molecule has 4 heterocycles. The largest absolute Gasteiger partial charge is 0.482 e. The lowest BCUT2D eigenvalue weighted by Crippen LogP contribution is -2.48. The molecule has 0 amide bonds. The molecule has 1 fully saturated rings. The Bertz CT molecular complexity index is 1240. The van der Waals surface area contributed by atoms with E-state index in [1.54, 1.807) is 12.7 Å². The number of H-pyrrole nitrogens is 1. The van der Waals surface area contributed by atoms with Gasteiger partial charge in [0.2, 0.25) is 0 Å². The second-order valence-corrected chi connectivity index (χ2v) is 7.90. The number of hydrogen-bond acceptors (Lipinski definition) is 5. The van der Waals surface area contributed by atoms with Crippen molar-refractivity contribution in [2.45, 2.75) is 18.4 Å². The van der Waals surface area contributed by atoms with E-state index in [2.05, 4.69) is 79.5 Å². The zero-order valence-corrected chi connectivity index (χ0v) is 16.5. The summed E-state index contributed by atoms with van der Waals surface area (Å²) in [6.45, 7) is 1.74. The molecule has 2 aromatic heterocycles. The van der Waals surface area contributed by atoms with Gasteiger partial charge in [0.1, 0.15) is 23.2 Å². The summed E-state index contributed by atoms with van der Waals surface area (Å²) in [5, 5.41) is 0. The van der Waals surface area contributed by atoms with Crippen molar-refractivity contribution in [2.75, 3.05) is 18.0 Å². The predicted octanol–water partition coefficient (Wildman–Crippen LogP) is 4.46. The van der Waals surface area contributed by atoms with Crippen molar-refractivity contribution in [2.24, 2.45) is 0 Å². The number of aromatic nitrogens is 4. The molecule has 6 rings (SSSR count). The second-order valence-electron chi connectivity index (χ2n) is 7.90. The van der Waals surface area contributed by atoms with E-state index in [0.717, 1.165) is 48.6 Å². The number of hydrogen-bond donors (Lipinski definition) is 1. The molecule has 1 saturated heterocycles. The highest BCUT2D eigenvalue weighted by molar-refractivity contribution is 5.82. The molecule has 2 aliphatic rings. The highest BCUT2D eigenvalue weighted by atomic mass is 16.5. The van der Waals surface area contributed by atoms with Gasteiger partial charge in [-0.3, -0.25) is 0 Å². The van der Waals surface area contributed by atoms with E-state index in [1.165, 1.54) is 11.1 Å². The Morgan fingerprint density at radius 1 is 0.933 bits per heavy atom. The number of piperidine rings is 1. The fraction of sp³-hybridized carbons (Fsp3) is 0.208. The van der Waals surface area contributed by atoms with E-state index < -0.39 is 0 Å². The van der Waals surface area contributed by atoms with Crippen molar-refractivity contribution in [1.29, 1.82) is 0 Å². The number of rotatable bonds is 2. The summed E-state index contributed by atoms with van der Waals surface area (Å²) in [4.78, 5) is 18.4. The van der Waals surface area contributed by atoms with Gasteiger partial charge < -0.3 is 14.6 Å². The average Bonchev–Trinajstić information content (AvgIpc) is 3.29. The molecule has 4 aromatic rings. The summed E-state index contributed by atoms with van der Waals surface area (Å²) in [5.41, 5.74) is 4.92. The number of benzene rings is 2. The number of aromatic amines is 1. The maximum Gasteiger partial charge on any atom is 0.182 e. The highest BCUT2D eigenvalue weighted by Gasteiger charge is 2.37.